The predicted octanol–water partition coefficient (Wildman–Crippen LogP) is 2.04. The monoisotopic (exact) mass is 291 g/mol. The van der Waals surface area contributed by atoms with Crippen LogP contribution in [0.15, 0.2) is 47.1 Å². The maximum absolute atomic E-state index is 11.6. The summed E-state index contributed by atoms with van der Waals surface area (Å²) in [6, 6.07) is 8.18. The fourth-order valence-corrected chi connectivity index (χ4v) is 1.64. The third-order valence-electron chi connectivity index (χ3n) is 2.64. The Bertz CT molecular complexity index is 626. The van der Waals surface area contributed by atoms with Crippen molar-refractivity contribution in [2.45, 2.75) is 6.10 Å². The molecule has 1 atom stereocenters. The summed E-state index contributed by atoms with van der Waals surface area (Å²) in [4.78, 5) is 21.7. The molecule has 2 amide bonds. The van der Waals surface area contributed by atoms with Crippen LogP contribution in [0.5, 0.6) is 0 Å². The van der Waals surface area contributed by atoms with Crippen LogP contribution in [0.25, 0.3) is 0 Å². The molecule has 8 heteroatoms. The van der Waals surface area contributed by atoms with Crippen LogP contribution >= 0.6 is 0 Å². The first-order valence-electron chi connectivity index (χ1n) is 6.07. The number of hydrogen-bond acceptors (Lipinski definition) is 5. The predicted molar refractivity (Wildman–Crippen MR) is 73.8 cm³/mol. The van der Waals surface area contributed by atoms with Crippen LogP contribution in [0.3, 0.4) is 0 Å². The number of non-ortho nitro benzene ring substituents is 1. The number of urea groups is 1. The second-order valence-corrected chi connectivity index (χ2v) is 4.17. The van der Waals surface area contributed by atoms with Crippen molar-refractivity contribution in [3.8, 4) is 0 Å². The number of nitrogens with zero attached hydrogens (tertiary/aromatic N) is 1. The lowest BCUT2D eigenvalue weighted by molar-refractivity contribution is -0.384. The second-order valence-electron chi connectivity index (χ2n) is 4.17. The molecule has 1 unspecified atom stereocenters. The van der Waals surface area contributed by atoms with Crippen molar-refractivity contribution in [2.75, 3.05) is 11.9 Å². The van der Waals surface area contributed by atoms with Crippen molar-refractivity contribution in [1.29, 1.82) is 0 Å². The van der Waals surface area contributed by atoms with Gasteiger partial charge >= 0.3 is 6.03 Å². The average Bonchev–Trinajstić information content (AvgIpc) is 2.99. The molecule has 110 valence electrons. The molecule has 0 saturated heterocycles. The lowest BCUT2D eigenvalue weighted by Crippen LogP contribution is -2.32. The van der Waals surface area contributed by atoms with Crippen molar-refractivity contribution >= 4 is 17.4 Å². The van der Waals surface area contributed by atoms with E-state index in [2.05, 4.69) is 10.6 Å². The molecule has 0 fully saturated rings. The number of hydrogen-bond donors (Lipinski definition) is 3. The van der Waals surface area contributed by atoms with Gasteiger partial charge in [-0.25, -0.2) is 4.79 Å². The number of amides is 2. The van der Waals surface area contributed by atoms with E-state index in [1.807, 2.05) is 0 Å². The van der Waals surface area contributed by atoms with E-state index in [-0.39, 0.29) is 17.9 Å². The van der Waals surface area contributed by atoms with E-state index >= 15 is 0 Å². The Morgan fingerprint density at radius 1 is 1.38 bits per heavy atom. The lowest BCUT2D eigenvalue weighted by Gasteiger charge is -2.10. The van der Waals surface area contributed by atoms with Gasteiger partial charge in [0.05, 0.1) is 17.7 Å². The van der Waals surface area contributed by atoms with Crippen LogP contribution in [0.2, 0.25) is 0 Å². The summed E-state index contributed by atoms with van der Waals surface area (Å²) in [6.45, 7) is -0.0473. The Morgan fingerprint density at radius 3 is 2.86 bits per heavy atom. The SMILES string of the molecule is O=C(NCC(O)c1ccco1)Nc1cccc([N+](=O)[O-])c1. The summed E-state index contributed by atoms with van der Waals surface area (Å²) in [5.41, 5.74) is 0.164. The molecule has 0 bridgehead atoms. The Balaban J connectivity index is 1.87. The summed E-state index contributed by atoms with van der Waals surface area (Å²) in [5.74, 6) is 0.339. The van der Waals surface area contributed by atoms with Gasteiger partial charge in [-0.05, 0) is 18.2 Å². The van der Waals surface area contributed by atoms with Gasteiger partial charge in [-0.3, -0.25) is 10.1 Å². The number of rotatable bonds is 5. The molecule has 2 aromatic rings. The number of nitro benzene ring substituents is 1. The fourth-order valence-electron chi connectivity index (χ4n) is 1.64. The van der Waals surface area contributed by atoms with Gasteiger partial charge in [-0.15, -0.1) is 0 Å². The van der Waals surface area contributed by atoms with Gasteiger partial charge in [-0.1, -0.05) is 6.07 Å². The van der Waals surface area contributed by atoms with Crippen LogP contribution < -0.4 is 10.6 Å². The van der Waals surface area contributed by atoms with E-state index in [1.54, 1.807) is 12.1 Å². The highest BCUT2D eigenvalue weighted by molar-refractivity contribution is 5.89. The summed E-state index contributed by atoms with van der Waals surface area (Å²) in [7, 11) is 0. The number of nitro groups is 1. The second kappa shape index (κ2) is 6.53. The zero-order chi connectivity index (χ0) is 15.2. The van der Waals surface area contributed by atoms with Crippen LogP contribution in [0.1, 0.15) is 11.9 Å². The van der Waals surface area contributed by atoms with E-state index in [4.69, 9.17) is 4.42 Å². The van der Waals surface area contributed by atoms with Gasteiger partial charge in [0.25, 0.3) is 5.69 Å². The van der Waals surface area contributed by atoms with Crippen LogP contribution in [-0.4, -0.2) is 22.6 Å². The maximum atomic E-state index is 11.6. The molecule has 0 spiro atoms. The number of benzene rings is 1. The quantitative estimate of drug-likeness (QED) is 0.575. The summed E-state index contributed by atoms with van der Waals surface area (Å²) in [5, 5.41) is 25.2. The molecule has 1 aromatic heterocycles. The van der Waals surface area contributed by atoms with E-state index in [0.29, 0.717) is 5.76 Å². The zero-order valence-electron chi connectivity index (χ0n) is 10.9. The largest absolute Gasteiger partial charge is 0.467 e. The van der Waals surface area contributed by atoms with E-state index in [0.717, 1.165) is 0 Å². The normalized spacial score (nSPS) is 11.7. The number of carbonyl (C=O) groups is 1. The summed E-state index contributed by atoms with van der Waals surface area (Å²) in [6.07, 6.45) is 0.456. The summed E-state index contributed by atoms with van der Waals surface area (Å²) >= 11 is 0. The minimum absolute atomic E-state index is 0.0473. The Hall–Kier alpha value is -2.87. The highest BCUT2D eigenvalue weighted by atomic mass is 16.6. The molecule has 21 heavy (non-hydrogen) atoms. The highest BCUT2D eigenvalue weighted by Gasteiger charge is 2.12. The van der Waals surface area contributed by atoms with Crippen LogP contribution in [0.4, 0.5) is 16.2 Å². The highest BCUT2D eigenvalue weighted by Crippen LogP contribution is 2.17. The standard InChI is InChI=1S/C13H13N3O5/c17-11(12-5-2-6-21-12)8-14-13(18)15-9-3-1-4-10(7-9)16(19)20/h1-7,11,17H,8H2,(H2,14,15,18). The molecule has 3 N–H and O–H groups in total. The van der Waals surface area contributed by atoms with Gasteiger partial charge in [0.15, 0.2) is 0 Å². The van der Waals surface area contributed by atoms with Crippen molar-refractivity contribution < 1.29 is 19.2 Å². The third-order valence-corrected chi connectivity index (χ3v) is 2.64. The van der Waals surface area contributed by atoms with Gasteiger partial charge < -0.3 is 20.2 Å². The number of aliphatic hydroxyl groups excluding tert-OH is 1. The molecule has 0 radical (unpaired) electrons. The van der Waals surface area contributed by atoms with Gasteiger partial charge in [0.1, 0.15) is 11.9 Å². The molecule has 8 nitrogen and oxygen atoms in total. The Kier molecular flexibility index (Phi) is 4.52. The van der Waals surface area contributed by atoms with E-state index < -0.39 is 17.1 Å². The van der Waals surface area contributed by atoms with Crippen molar-refractivity contribution in [3.05, 3.63) is 58.5 Å². The molecular weight excluding hydrogens is 278 g/mol. The van der Waals surface area contributed by atoms with Gasteiger partial charge in [-0.2, -0.15) is 0 Å². The topological polar surface area (TPSA) is 118 Å². The Labute approximate surface area is 119 Å². The van der Waals surface area contributed by atoms with Crippen LogP contribution in [-0.2, 0) is 0 Å². The van der Waals surface area contributed by atoms with Crippen molar-refractivity contribution in [1.82, 2.24) is 5.32 Å². The fraction of sp³-hybridized carbons (Fsp3) is 0.154. The molecule has 1 heterocycles. The zero-order valence-corrected chi connectivity index (χ0v) is 10.9. The molecule has 0 aliphatic rings. The molecule has 1 aromatic carbocycles. The molecular formula is C13H13N3O5. The van der Waals surface area contributed by atoms with Crippen LogP contribution in [0, 0.1) is 10.1 Å². The van der Waals surface area contributed by atoms with Gasteiger partial charge in [0.2, 0.25) is 0 Å². The number of furan rings is 1. The minimum Gasteiger partial charge on any atom is -0.467 e. The molecule has 0 saturated carbocycles. The average molecular weight is 291 g/mol. The lowest BCUT2D eigenvalue weighted by atomic mass is 10.2. The van der Waals surface area contributed by atoms with Crippen molar-refractivity contribution in [2.24, 2.45) is 0 Å². The minimum atomic E-state index is -0.962. The first-order valence-corrected chi connectivity index (χ1v) is 6.07. The molecule has 2 rings (SSSR count). The number of aliphatic hydroxyl groups is 1. The van der Waals surface area contributed by atoms with Gasteiger partial charge in [0, 0.05) is 17.8 Å². The smallest absolute Gasteiger partial charge is 0.319 e. The molecule has 0 aliphatic carbocycles. The number of anilines is 1. The van der Waals surface area contributed by atoms with E-state index in [9.17, 15) is 20.0 Å². The number of carbonyl (C=O) groups excluding carboxylic acids is 1. The maximum Gasteiger partial charge on any atom is 0.319 e. The van der Waals surface area contributed by atoms with Crippen molar-refractivity contribution in [3.63, 3.8) is 0 Å². The first kappa shape index (κ1) is 14.5. The Morgan fingerprint density at radius 2 is 2.19 bits per heavy atom. The first-order chi connectivity index (χ1) is 10.1. The third kappa shape index (κ3) is 4.05. The van der Waals surface area contributed by atoms with E-state index in [1.165, 1.54) is 30.5 Å². The molecule has 0 aliphatic heterocycles. The number of nitrogens with one attached hydrogen (secondary N) is 2. The summed E-state index contributed by atoms with van der Waals surface area (Å²) < 4.78 is 4.99.